The Morgan fingerprint density at radius 1 is 1.17 bits per heavy atom. The number of ether oxygens (including phenoxy) is 1. The average molecular weight is 502 g/mol. The van der Waals surface area contributed by atoms with Crippen LogP contribution in [0.5, 0.6) is 0 Å². The van der Waals surface area contributed by atoms with Gasteiger partial charge in [0.25, 0.3) is 0 Å². The van der Waals surface area contributed by atoms with Crippen molar-refractivity contribution in [1.82, 2.24) is 20.9 Å². The standard InChI is InChI=1S/C26H39N5O5/c1-25(2,3)36-24(35)30-18-9-7-6-8-14-12-28-21(32)16(14)10-15(11-27)29-22(33)20-19-17(26(19,4)5)13-31(20)23(18)34/h14-20H,6-10,12-13H2,1-5H3,(H,28,32)(H,29,33)(H,30,35)/t14-,15-,16-,17?,18?,19-,20-/m0/s1. The van der Waals surface area contributed by atoms with Crippen molar-refractivity contribution in [2.24, 2.45) is 29.1 Å². The van der Waals surface area contributed by atoms with Crippen LogP contribution in [0.3, 0.4) is 0 Å². The molecular formula is C26H39N5O5. The molecule has 4 aliphatic rings. The third-order valence-electron chi connectivity index (χ3n) is 8.47. The molecule has 0 aromatic rings. The van der Waals surface area contributed by atoms with E-state index in [1.807, 2.05) is 0 Å². The second-order valence-corrected chi connectivity index (χ2v) is 12.4. The molecule has 3 heterocycles. The van der Waals surface area contributed by atoms with E-state index in [2.05, 4.69) is 35.9 Å². The van der Waals surface area contributed by atoms with Crippen molar-refractivity contribution in [3.8, 4) is 6.07 Å². The van der Waals surface area contributed by atoms with E-state index in [1.165, 1.54) is 0 Å². The summed E-state index contributed by atoms with van der Waals surface area (Å²) in [5.74, 6) is -0.830. The zero-order valence-corrected chi connectivity index (χ0v) is 21.9. The molecule has 36 heavy (non-hydrogen) atoms. The fraction of sp³-hybridized carbons (Fsp3) is 0.808. The van der Waals surface area contributed by atoms with Gasteiger partial charge in [-0.15, -0.1) is 0 Å². The Labute approximate surface area is 212 Å². The zero-order chi connectivity index (χ0) is 26.4. The summed E-state index contributed by atoms with van der Waals surface area (Å²) in [5.41, 5.74) is -0.795. The molecule has 0 radical (unpaired) electrons. The minimum Gasteiger partial charge on any atom is -0.444 e. The molecule has 0 aromatic heterocycles. The molecule has 1 aliphatic carbocycles. The van der Waals surface area contributed by atoms with Crippen LogP contribution in [0.15, 0.2) is 0 Å². The first-order chi connectivity index (χ1) is 16.8. The molecule has 3 saturated heterocycles. The Morgan fingerprint density at radius 3 is 2.53 bits per heavy atom. The average Bonchev–Trinajstić information content (AvgIpc) is 3.11. The van der Waals surface area contributed by atoms with E-state index in [0.29, 0.717) is 25.9 Å². The maximum Gasteiger partial charge on any atom is 0.408 e. The first-order valence-electron chi connectivity index (χ1n) is 13.1. The SMILES string of the molecule is CC(C)(C)OC(=O)NC1CCCC[C@H]2CNC(=O)[C@H]2C[C@@H](C#N)NC(=O)[C@@H]2[C@@H]3C(CN2C1=O)C3(C)C. The lowest BCUT2D eigenvalue weighted by Crippen LogP contribution is -2.57. The van der Waals surface area contributed by atoms with Crippen molar-refractivity contribution >= 4 is 23.8 Å². The molecule has 3 aliphatic heterocycles. The summed E-state index contributed by atoms with van der Waals surface area (Å²) >= 11 is 0. The monoisotopic (exact) mass is 501 g/mol. The molecule has 1 saturated carbocycles. The summed E-state index contributed by atoms with van der Waals surface area (Å²) in [6.07, 6.45) is 2.23. The molecular weight excluding hydrogens is 462 g/mol. The number of nitrogens with one attached hydrogen (secondary N) is 3. The normalized spacial score (nSPS) is 36.3. The van der Waals surface area contributed by atoms with Crippen molar-refractivity contribution < 1.29 is 23.9 Å². The fourth-order valence-electron chi connectivity index (χ4n) is 6.45. The maximum atomic E-state index is 13.8. The van der Waals surface area contributed by atoms with Gasteiger partial charge < -0.3 is 25.6 Å². The smallest absolute Gasteiger partial charge is 0.408 e. The number of hydrogen-bond donors (Lipinski definition) is 3. The number of fused-ring (bicyclic) bond motifs is 4. The van der Waals surface area contributed by atoms with Gasteiger partial charge in [-0.2, -0.15) is 5.26 Å². The van der Waals surface area contributed by atoms with Gasteiger partial charge in [0.05, 0.1) is 6.07 Å². The lowest BCUT2D eigenvalue weighted by atomic mass is 9.85. The summed E-state index contributed by atoms with van der Waals surface area (Å²) < 4.78 is 5.41. The van der Waals surface area contributed by atoms with Gasteiger partial charge in [0.2, 0.25) is 17.7 Å². The third-order valence-corrected chi connectivity index (χ3v) is 8.47. The minimum atomic E-state index is -0.815. The topological polar surface area (TPSA) is 141 Å². The number of hydrogen-bond acceptors (Lipinski definition) is 6. The number of amides is 4. The Bertz CT molecular complexity index is 967. The summed E-state index contributed by atoms with van der Waals surface area (Å²) in [6, 6.07) is -0.190. The van der Waals surface area contributed by atoms with Gasteiger partial charge in [0, 0.05) is 19.0 Å². The molecule has 4 fully saturated rings. The number of nitriles is 1. The molecule has 0 spiro atoms. The molecule has 198 valence electrons. The van der Waals surface area contributed by atoms with Crippen molar-refractivity contribution in [3.63, 3.8) is 0 Å². The lowest BCUT2D eigenvalue weighted by molar-refractivity contribution is -0.142. The molecule has 0 bridgehead atoms. The van der Waals surface area contributed by atoms with Crippen LogP contribution < -0.4 is 16.0 Å². The van der Waals surface area contributed by atoms with E-state index in [9.17, 15) is 24.4 Å². The van der Waals surface area contributed by atoms with Crippen molar-refractivity contribution in [2.45, 2.75) is 90.4 Å². The third kappa shape index (κ3) is 5.16. The number of nitrogens with zero attached hydrogens (tertiary/aromatic N) is 2. The Hall–Kier alpha value is -2.83. The Balaban J connectivity index is 1.60. The van der Waals surface area contributed by atoms with Gasteiger partial charge >= 0.3 is 6.09 Å². The predicted octanol–water partition coefficient (Wildman–Crippen LogP) is 1.70. The second kappa shape index (κ2) is 9.56. The first kappa shape index (κ1) is 26.2. The summed E-state index contributed by atoms with van der Waals surface area (Å²) in [6.45, 7) is 10.4. The van der Waals surface area contributed by atoms with E-state index < -0.39 is 29.8 Å². The predicted molar refractivity (Wildman–Crippen MR) is 130 cm³/mol. The first-order valence-corrected chi connectivity index (χ1v) is 13.1. The number of alkyl carbamates (subject to hydrolysis) is 1. The molecule has 7 atom stereocenters. The quantitative estimate of drug-likeness (QED) is 0.499. The molecule has 0 aromatic carbocycles. The van der Waals surface area contributed by atoms with Gasteiger partial charge in [-0.25, -0.2) is 4.79 Å². The van der Waals surface area contributed by atoms with Crippen molar-refractivity contribution in [2.75, 3.05) is 13.1 Å². The van der Waals surface area contributed by atoms with Gasteiger partial charge in [-0.3, -0.25) is 14.4 Å². The van der Waals surface area contributed by atoms with E-state index >= 15 is 0 Å². The summed E-state index contributed by atoms with van der Waals surface area (Å²) in [4.78, 5) is 54.0. The molecule has 3 N–H and O–H groups in total. The number of carbonyl (C=O) groups excluding carboxylic acids is 4. The van der Waals surface area contributed by atoms with Crippen LogP contribution in [-0.4, -0.2) is 65.5 Å². The van der Waals surface area contributed by atoms with Crippen LogP contribution in [0.25, 0.3) is 0 Å². The van der Waals surface area contributed by atoms with Crippen LogP contribution in [0.4, 0.5) is 4.79 Å². The highest BCUT2D eigenvalue weighted by atomic mass is 16.6. The van der Waals surface area contributed by atoms with Crippen LogP contribution in [0, 0.1) is 40.4 Å². The van der Waals surface area contributed by atoms with Crippen LogP contribution in [-0.2, 0) is 19.1 Å². The fourth-order valence-corrected chi connectivity index (χ4v) is 6.45. The highest BCUT2D eigenvalue weighted by Crippen LogP contribution is 2.65. The van der Waals surface area contributed by atoms with E-state index in [-0.39, 0.29) is 53.2 Å². The van der Waals surface area contributed by atoms with Crippen molar-refractivity contribution in [1.29, 1.82) is 5.26 Å². The number of rotatable bonds is 1. The molecule has 10 nitrogen and oxygen atoms in total. The largest absolute Gasteiger partial charge is 0.444 e. The van der Waals surface area contributed by atoms with E-state index in [1.54, 1.807) is 25.7 Å². The van der Waals surface area contributed by atoms with E-state index in [4.69, 9.17) is 4.74 Å². The molecule has 10 heteroatoms. The highest BCUT2D eigenvalue weighted by Gasteiger charge is 2.69. The highest BCUT2D eigenvalue weighted by molar-refractivity contribution is 5.93. The zero-order valence-electron chi connectivity index (χ0n) is 21.9. The lowest BCUT2D eigenvalue weighted by Gasteiger charge is -2.34. The van der Waals surface area contributed by atoms with Gasteiger partial charge in [0.1, 0.15) is 23.7 Å². The second-order valence-electron chi connectivity index (χ2n) is 12.4. The number of piperidine rings is 1. The van der Waals surface area contributed by atoms with Crippen LogP contribution in [0.2, 0.25) is 0 Å². The van der Waals surface area contributed by atoms with E-state index in [0.717, 1.165) is 12.8 Å². The maximum absolute atomic E-state index is 13.8. The minimum absolute atomic E-state index is 0.0154. The summed E-state index contributed by atoms with van der Waals surface area (Å²) in [7, 11) is 0. The number of carbonyl (C=O) groups is 4. The van der Waals surface area contributed by atoms with Gasteiger partial charge in [-0.1, -0.05) is 26.7 Å². The van der Waals surface area contributed by atoms with Crippen LogP contribution >= 0.6 is 0 Å². The van der Waals surface area contributed by atoms with Gasteiger partial charge in [-0.05, 0) is 63.2 Å². The van der Waals surface area contributed by atoms with Crippen LogP contribution in [0.1, 0.15) is 66.7 Å². The molecule has 4 rings (SSSR count). The molecule has 4 amide bonds. The van der Waals surface area contributed by atoms with Gasteiger partial charge in [0.15, 0.2) is 0 Å². The van der Waals surface area contributed by atoms with Crippen molar-refractivity contribution in [3.05, 3.63) is 0 Å². The summed E-state index contributed by atoms with van der Waals surface area (Å²) in [5, 5.41) is 18.3. The molecule has 2 unspecified atom stereocenters. The Kier molecular flexibility index (Phi) is 6.97. The Morgan fingerprint density at radius 2 is 1.86 bits per heavy atom.